The number of likely N-dealkylation sites (tertiary alicyclic amines) is 1. The van der Waals surface area contributed by atoms with Crippen LogP contribution in [-0.2, 0) is 32.0 Å². The van der Waals surface area contributed by atoms with Crippen LogP contribution in [0.25, 0.3) is 10.9 Å². The van der Waals surface area contributed by atoms with Gasteiger partial charge in [0.2, 0.25) is 5.91 Å². The number of rotatable bonds is 10. The summed E-state index contributed by atoms with van der Waals surface area (Å²) in [6.45, 7) is 6.62. The monoisotopic (exact) mass is 546 g/mol. The molecule has 2 aliphatic heterocycles. The number of para-hydroxylation sites is 1. The molecule has 2 N–H and O–H groups in total. The third kappa shape index (κ3) is 6.24. The zero-order valence-corrected chi connectivity index (χ0v) is 23.8. The summed E-state index contributed by atoms with van der Waals surface area (Å²) in [6, 6.07) is 16.3. The second kappa shape index (κ2) is 13.0. The third-order valence-corrected chi connectivity index (χ3v) is 8.33. The number of methoxy groups -OCH3 is 1. The second-order valence-corrected chi connectivity index (χ2v) is 11.1. The maximum absolute atomic E-state index is 13.4. The van der Waals surface area contributed by atoms with E-state index in [2.05, 4.69) is 35.8 Å². The predicted molar refractivity (Wildman–Crippen MR) is 158 cm³/mol. The van der Waals surface area contributed by atoms with Crippen LogP contribution < -0.4 is 10.6 Å². The number of nitrogens with zero attached hydrogens (tertiary/aromatic N) is 3. The topological polar surface area (TPSA) is 90.0 Å². The van der Waals surface area contributed by atoms with Crippen molar-refractivity contribution < 1.29 is 19.1 Å². The first-order chi connectivity index (χ1) is 19.5. The van der Waals surface area contributed by atoms with Crippen LogP contribution in [0.2, 0.25) is 0 Å². The van der Waals surface area contributed by atoms with Gasteiger partial charge in [0.15, 0.2) is 0 Å². The van der Waals surface area contributed by atoms with Gasteiger partial charge < -0.3 is 29.6 Å². The van der Waals surface area contributed by atoms with Crippen LogP contribution in [0.3, 0.4) is 0 Å². The number of hydrogen-bond donors (Lipinski definition) is 1. The van der Waals surface area contributed by atoms with Crippen LogP contribution in [0.4, 0.5) is 5.69 Å². The van der Waals surface area contributed by atoms with E-state index >= 15 is 0 Å². The Morgan fingerprint density at radius 1 is 1.15 bits per heavy atom. The molecule has 2 fully saturated rings. The van der Waals surface area contributed by atoms with Crippen LogP contribution in [-0.4, -0.2) is 73.9 Å². The van der Waals surface area contributed by atoms with Crippen molar-refractivity contribution in [3.63, 3.8) is 0 Å². The third-order valence-electron chi connectivity index (χ3n) is 8.33. The molecule has 0 radical (unpaired) electrons. The molecule has 2 amide bonds. The van der Waals surface area contributed by atoms with Gasteiger partial charge in [-0.05, 0) is 61.9 Å². The molecule has 0 aliphatic carbocycles. The standard InChI is InChI=1S/C32H42N4O4/c1-23-28-8-3-4-9-29(28)36(15-6-17-39-2)32(23)25-7-5-14-34(21-25)30(37)20-26(33)19-24-10-12-27(13-11-24)35-16-18-40-22-31(35)38/h3-4,8-13,25-26H,5-7,14-22,33H2,1-2H3. The molecule has 2 atom stereocenters. The summed E-state index contributed by atoms with van der Waals surface area (Å²) in [7, 11) is 1.75. The molecule has 2 aliphatic rings. The number of benzene rings is 2. The molecule has 2 unspecified atom stereocenters. The van der Waals surface area contributed by atoms with E-state index in [1.807, 2.05) is 29.2 Å². The quantitative estimate of drug-likeness (QED) is 0.388. The first-order valence-electron chi connectivity index (χ1n) is 14.5. The Kier molecular flexibility index (Phi) is 9.19. The van der Waals surface area contributed by atoms with Crippen LogP contribution in [0.5, 0.6) is 0 Å². The molecule has 8 nitrogen and oxygen atoms in total. The normalized spacial score (nSPS) is 18.9. The molecule has 1 aromatic heterocycles. The highest BCUT2D eigenvalue weighted by molar-refractivity contribution is 5.94. The molecule has 40 heavy (non-hydrogen) atoms. The number of nitrogens with two attached hydrogens (primary N) is 1. The Morgan fingerprint density at radius 2 is 1.95 bits per heavy atom. The fraction of sp³-hybridized carbons (Fsp3) is 0.500. The number of carbonyl (C=O) groups excluding carboxylic acids is 2. The number of morpholine rings is 1. The van der Waals surface area contributed by atoms with Crippen molar-refractivity contribution in [2.24, 2.45) is 5.73 Å². The smallest absolute Gasteiger partial charge is 0.253 e. The van der Waals surface area contributed by atoms with Crippen LogP contribution in [0, 0.1) is 6.92 Å². The van der Waals surface area contributed by atoms with Crippen molar-refractivity contribution in [1.82, 2.24) is 9.47 Å². The minimum Gasteiger partial charge on any atom is -0.385 e. The van der Waals surface area contributed by atoms with E-state index in [4.69, 9.17) is 15.2 Å². The highest BCUT2D eigenvalue weighted by Gasteiger charge is 2.30. The average Bonchev–Trinajstić information content (AvgIpc) is 3.25. The van der Waals surface area contributed by atoms with E-state index in [9.17, 15) is 9.59 Å². The summed E-state index contributed by atoms with van der Waals surface area (Å²) in [4.78, 5) is 29.3. The SMILES string of the molecule is COCCCn1c(C2CCCN(C(=O)CC(N)Cc3ccc(N4CCOCC4=O)cc3)C2)c(C)c2ccccc21. The molecule has 8 heteroatoms. The van der Waals surface area contributed by atoms with E-state index in [0.717, 1.165) is 56.8 Å². The van der Waals surface area contributed by atoms with E-state index in [-0.39, 0.29) is 24.5 Å². The summed E-state index contributed by atoms with van der Waals surface area (Å²) in [5.41, 5.74) is 12.4. The van der Waals surface area contributed by atoms with Gasteiger partial charge in [0, 0.05) is 80.6 Å². The lowest BCUT2D eigenvalue weighted by Gasteiger charge is -2.34. The number of amides is 2. The maximum atomic E-state index is 13.4. The van der Waals surface area contributed by atoms with Gasteiger partial charge in [0.25, 0.3) is 5.91 Å². The van der Waals surface area contributed by atoms with E-state index in [0.29, 0.717) is 31.9 Å². The molecule has 0 bridgehead atoms. The van der Waals surface area contributed by atoms with Gasteiger partial charge in [0.05, 0.1) is 6.61 Å². The minimum atomic E-state index is -0.258. The fourth-order valence-corrected chi connectivity index (χ4v) is 6.39. The predicted octanol–water partition coefficient (Wildman–Crippen LogP) is 4.02. The van der Waals surface area contributed by atoms with E-state index < -0.39 is 0 Å². The van der Waals surface area contributed by atoms with Gasteiger partial charge >= 0.3 is 0 Å². The first kappa shape index (κ1) is 28.3. The molecule has 2 saturated heterocycles. The van der Waals surface area contributed by atoms with Gasteiger partial charge in [-0.3, -0.25) is 9.59 Å². The van der Waals surface area contributed by atoms with Gasteiger partial charge in [-0.15, -0.1) is 0 Å². The molecular formula is C32H42N4O4. The van der Waals surface area contributed by atoms with E-state index in [1.165, 1.54) is 22.2 Å². The van der Waals surface area contributed by atoms with Crippen molar-refractivity contribution in [3.05, 3.63) is 65.4 Å². The van der Waals surface area contributed by atoms with Crippen molar-refractivity contribution in [1.29, 1.82) is 0 Å². The Morgan fingerprint density at radius 3 is 2.73 bits per heavy atom. The number of ether oxygens (including phenoxy) is 2. The Bertz CT molecular complexity index is 1320. The molecule has 3 heterocycles. The highest BCUT2D eigenvalue weighted by atomic mass is 16.5. The van der Waals surface area contributed by atoms with Crippen LogP contribution in [0.15, 0.2) is 48.5 Å². The largest absolute Gasteiger partial charge is 0.385 e. The Balaban J connectivity index is 1.22. The van der Waals surface area contributed by atoms with Crippen molar-refractivity contribution in [3.8, 4) is 0 Å². The van der Waals surface area contributed by atoms with E-state index in [1.54, 1.807) is 12.0 Å². The lowest BCUT2D eigenvalue weighted by Crippen LogP contribution is -2.42. The van der Waals surface area contributed by atoms with Crippen LogP contribution >= 0.6 is 0 Å². The highest BCUT2D eigenvalue weighted by Crippen LogP contribution is 2.36. The Labute approximate surface area is 237 Å². The molecule has 5 rings (SSSR count). The van der Waals surface area contributed by atoms with Crippen molar-refractivity contribution >= 4 is 28.4 Å². The lowest BCUT2D eigenvalue weighted by atomic mass is 9.91. The molecule has 2 aromatic carbocycles. The number of fused-ring (bicyclic) bond motifs is 1. The molecule has 214 valence electrons. The molecule has 3 aromatic rings. The number of aryl methyl sites for hydroxylation is 2. The van der Waals surface area contributed by atoms with Gasteiger partial charge in [-0.25, -0.2) is 0 Å². The number of piperidine rings is 1. The average molecular weight is 547 g/mol. The summed E-state index contributed by atoms with van der Waals surface area (Å²) in [5.74, 6) is 0.415. The maximum Gasteiger partial charge on any atom is 0.253 e. The zero-order valence-electron chi connectivity index (χ0n) is 23.8. The summed E-state index contributed by atoms with van der Waals surface area (Å²) in [6.07, 6.45) is 3.97. The summed E-state index contributed by atoms with van der Waals surface area (Å²) < 4.78 is 13.0. The van der Waals surface area contributed by atoms with Gasteiger partial charge in [-0.1, -0.05) is 30.3 Å². The first-order valence-corrected chi connectivity index (χ1v) is 14.5. The number of hydrogen-bond acceptors (Lipinski definition) is 5. The molecule has 0 spiro atoms. The van der Waals surface area contributed by atoms with Crippen molar-refractivity contribution in [2.45, 2.75) is 57.5 Å². The minimum absolute atomic E-state index is 0.0216. The second-order valence-electron chi connectivity index (χ2n) is 11.1. The number of aromatic nitrogens is 1. The number of carbonyl (C=O) groups is 2. The lowest BCUT2D eigenvalue weighted by molar-refractivity contribution is -0.132. The molecular weight excluding hydrogens is 504 g/mol. The summed E-state index contributed by atoms with van der Waals surface area (Å²) in [5, 5.41) is 1.30. The zero-order chi connectivity index (χ0) is 28.1. The number of anilines is 1. The Hall–Kier alpha value is -3.20. The fourth-order valence-electron chi connectivity index (χ4n) is 6.39. The molecule has 0 saturated carbocycles. The van der Waals surface area contributed by atoms with Gasteiger partial charge in [0.1, 0.15) is 6.61 Å². The summed E-state index contributed by atoms with van der Waals surface area (Å²) >= 11 is 0. The van der Waals surface area contributed by atoms with Crippen molar-refractivity contribution in [2.75, 3.05) is 51.5 Å². The van der Waals surface area contributed by atoms with Gasteiger partial charge in [-0.2, -0.15) is 0 Å². The van der Waals surface area contributed by atoms with Crippen LogP contribution in [0.1, 0.15) is 48.4 Å².